The summed E-state index contributed by atoms with van der Waals surface area (Å²) in [6, 6.07) is 23.1. The number of hydrogen-bond donors (Lipinski definition) is 4. The van der Waals surface area contributed by atoms with Gasteiger partial charge in [-0.15, -0.1) is 0 Å². The maximum Gasteiger partial charge on any atom is 0.407 e. The first-order valence-corrected chi connectivity index (χ1v) is 19.7. The van der Waals surface area contributed by atoms with Crippen LogP contribution in [0.5, 0.6) is 0 Å². The van der Waals surface area contributed by atoms with Crippen molar-refractivity contribution in [3.8, 4) is 11.1 Å². The molecule has 0 bridgehead atoms. The van der Waals surface area contributed by atoms with Crippen molar-refractivity contribution < 1.29 is 42.9 Å². The van der Waals surface area contributed by atoms with Gasteiger partial charge >= 0.3 is 24.2 Å². The maximum absolute atomic E-state index is 13.9. The Morgan fingerprint density at radius 1 is 0.579 bits per heavy atom. The van der Waals surface area contributed by atoms with Crippen LogP contribution in [0.3, 0.4) is 0 Å². The average Bonchev–Trinajstić information content (AvgIpc) is 3.47. The molecule has 4 amide bonds. The monoisotopic (exact) mass is 786 g/mol. The Morgan fingerprint density at radius 3 is 1.60 bits per heavy atom. The molecule has 3 aromatic rings. The van der Waals surface area contributed by atoms with Crippen LogP contribution in [0.4, 0.5) is 14.4 Å². The molecule has 0 spiro atoms. The number of esters is 1. The van der Waals surface area contributed by atoms with E-state index in [0.29, 0.717) is 38.8 Å². The molecule has 0 fully saturated rings. The lowest BCUT2D eigenvalue weighted by molar-refractivity contribution is -0.149. The van der Waals surface area contributed by atoms with E-state index in [1.807, 2.05) is 78.9 Å². The van der Waals surface area contributed by atoms with Crippen molar-refractivity contribution >= 4 is 30.2 Å². The third kappa shape index (κ3) is 15.1. The van der Waals surface area contributed by atoms with Gasteiger partial charge in [-0.3, -0.25) is 4.79 Å². The lowest BCUT2D eigenvalue weighted by atomic mass is 9.98. The molecule has 0 heterocycles. The van der Waals surface area contributed by atoms with Crippen LogP contribution < -0.4 is 21.3 Å². The van der Waals surface area contributed by atoms with Gasteiger partial charge in [-0.2, -0.15) is 0 Å². The van der Waals surface area contributed by atoms with Gasteiger partial charge in [-0.1, -0.05) is 78.9 Å². The molecule has 4 N–H and O–H groups in total. The zero-order valence-corrected chi connectivity index (χ0v) is 34.0. The fourth-order valence-corrected chi connectivity index (χ4v) is 6.36. The molecule has 13 nitrogen and oxygen atoms in total. The van der Waals surface area contributed by atoms with Gasteiger partial charge in [0, 0.05) is 19.0 Å². The minimum atomic E-state index is -1.07. The van der Waals surface area contributed by atoms with Crippen LogP contribution >= 0.6 is 0 Å². The lowest BCUT2D eigenvalue weighted by Crippen LogP contribution is -2.52. The number of nitrogens with one attached hydrogen (secondary N) is 4. The highest BCUT2D eigenvalue weighted by atomic mass is 16.6. The van der Waals surface area contributed by atoms with E-state index in [1.54, 1.807) is 41.5 Å². The van der Waals surface area contributed by atoms with Crippen LogP contribution in [0.25, 0.3) is 11.1 Å². The van der Waals surface area contributed by atoms with Crippen LogP contribution in [0.2, 0.25) is 0 Å². The van der Waals surface area contributed by atoms with E-state index in [1.165, 1.54) is 0 Å². The van der Waals surface area contributed by atoms with Crippen LogP contribution in [0.15, 0.2) is 78.9 Å². The van der Waals surface area contributed by atoms with Crippen molar-refractivity contribution in [1.82, 2.24) is 21.3 Å². The normalized spacial score (nSPS) is 13.2. The SMILES string of the molecule is CC(C)(C)OC(=O)NCCCCC(NC(=O)OCC1c2ccccc2-c2ccccc21)C(=O)NC(CCCCNC(=O)OC(C)(C)C)C(=O)OCc1ccccc1. The summed E-state index contributed by atoms with van der Waals surface area (Å²) in [7, 11) is 0. The van der Waals surface area contributed by atoms with Gasteiger partial charge in [-0.05, 0) is 108 Å². The number of benzene rings is 3. The molecule has 2 unspecified atom stereocenters. The zero-order valence-electron chi connectivity index (χ0n) is 34.0. The Labute approximate surface area is 335 Å². The fourth-order valence-electron chi connectivity index (χ4n) is 6.36. The summed E-state index contributed by atoms with van der Waals surface area (Å²) in [5.74, 6) is -1.39. The summed E-state index contributed by atoms with van der Waals surface area (Å²) < 4.78 is 22.0. The topological polar surface area (TPSA) is 170 Å². The number of carbonyl (C=O) groups excluding carboxylic acids is 5. The molecule has 0 aliphatic heterocycles. The number of fused-ring (bicyclic) bond motifs is 3. The van der Waals surface area contributed by atoms with E-state index >= 15 is 0 Å². The smallest absolute Gasteiger partial charge is 0.407 e. The van der Waals surface area contributed by atoms with Crippen molar-refractivity contribution in [1.29, 1.82) is 0 Å². The number of alkyl carbamates (subject to hydrolysis) is 3. The number of rotatable bonds is 18. The third-order valence-electron chi connectivity index (χ3n) is 8.95. The van der Waals surface area contributed by atoms with Crippen LogP contribution in [-0.2, 0) is 35.1 Å². The molecule has 0 aromatic heterocycles. The summed E-state index contributed by atoms with van der Waals surface area (Å²) in [5.41, 5.74) is 3.78. The van der Waals surface area contributed by atoms with E-state index in [9.17, 15) is 24.0 Å². The number of amides is 4. The Balaban J connectivity index is 1.41. The van der Waals surface area contributed by atoms with E-state index in [2.05, 4.69) is 21.3 Å². The van der Waals surface area contributed by atoms with Gasteiger partial charge in [-0.25, -0.2) is 19.2 Å². The largest absolute Gasteiger partial charge is 0.459 e. The second-order valence-electron chi connectivity index (χ2n) is 16.0. The molecule has 0 radical (unpaired) electrons. The highest BCUT2D eigenvalue weighted by Gasteiger charge is 2.31. The third-order valence-corrected chi connectivity index (χ3v) is 8.95. The first kappa shape index (κ1) is 44.1. The number of carbonyl (C=O) groups is 5. The zero-order chi connectivity index (χ0) is 41.4. The molecule has 1 aliphatic rings. The van der Waals surface area contributed by atoms with E-state index in [-0.39, 0.29) is 32.0 Å². The van der Waals surface area contributed by atoms with Crippen LogP contribution in [0.1, 0.15) is 103 Å². The number of unbranched alkanes of at least 4 members (excludes halogenated alkanes) is 2. The highest BCUT2D eigenvalue weighted by molar-refractivity contribution is 5.89. The summed E-state index contributed by atoms with van der Waals surface area (Å²) in [4.78, 5) is 65.0. The predicted octanol–water partition coefficient (Wildman–Crippen LogP) is 7.51. The van der Waals surface area contributed by atoms with Crippen molar-refractivity contribution in [2.45, 2.75) is 116 Å². The minimum absolute atomic E-state index is 0.0122. The van der Waals surface area contributed by atoms with Gasteiger partial charge in [0.15, 0.2) is 0 Å². The van der Waals surface area contributed by atoms with Crippen molar-refractivity contribution in [2.75, 3.05) is 19.7 Å². The highest BCUT2D eigenvalue weighted by Crippen LogP contribution is 2.44. The molecule has 2 atom stereocenters. The molecular formula is C44H58N4O9. The van der Waals surface area contributed by atoms with E-state index in [0.717, 1.165) is 27.8 Å². The van der Waals surface area contributed by atoms with E-state index < -0.39 is 53.4 Å². The molecule has 0 saturated carbocycles. The van der Waals surface area contributed by atoms with Gasteiger partial charge in [0.25, 0.3) is 0 Å². The molecule has 4 rings (SSSR count). The number of hydrogen-bond acceptors (Lipinski definition) is 9. The van der Waals surface area contributed by atoms with Gasteiger partial charge in [0.1, 0.15) is 36.5 Å². The molecule has 57 heavy (non-hydrogen) atoms. The first-order chi connectivity index (χ1) is 27.1. The molecule has 1 aliphatic carbocycles. The fraction of sp³-hybridized carbons (Fsp3) is 0.477. The molecule has 308 valence electrons. The summed E-state index contributed by atoms with van der Waals surface area (Å²) >= 11 is 0. The first-order valence-electron chi connectivity index (χ1n) is 19.7. The minimum Gasteiger partial charge on any atom is -0.459 e. The lowest BCUT2D eigenvalue weighted by Gasteiger charge is -2.23. The van der Waals surface area contributed by atoms with Gasteiger partial charge in [0.2, 0.25) is 5.91 Å². The van der Waals surface area contributed by atoms with Crippen LogP contribution in [0, 0.1) is 0 Å². The van der Waals surface area contributed by atoms with Crippen LogP contribution in [-0.4, -0.2) is 73.1 Å². The summed E-state index contributed by atoms with van der Waals surface area (Å²) in [5, 5.41) is 11.0. The second-order valence-corrected chi connectivity index (χ2v) is 16.0. The van der Waals surface area contributed by atoms with E-state index in [4.69, 9.17) is 18.9 Å². The standard InChI is InChI=1S/C44H58N4O9/c1-43(2,3)56-40(51)45-26-16-14-24-36(48-42(53)55-29-35-33-22-12-10-20-31(33)32-21-11-13-23-34(32)35)38(49)47-37(39(50)54-28-30-18-8-7-9-19-30)25-15-17-27-46-41(52)57-44(4,5)6/h7-13,18-23,35-37H,14-17,24-29H2,1-6H3,(H,45,51)(H,46,52)(H,47,49)(H,48,53). The predicted molar refractivity (Wildman–Crippen MR) is 216 cm³/mol. The Kier molecular flexibility index (Phi) is 16.3. The van der Waals surface area contributed by atoms with Gasteiger partial charge < -0.3 is 40.2 Å². The molecular weight excluding hydrogens is 729 g/mol. The quantitative estimate of drug-likeness (QED) is 0.0579. The molecule has 13 heteroatoms. The van der Waals surface area contributed by atoms with Crippen molar-refractivity contribution in [2.24, 2.45) is 0 Å². The van der Waals surface area contributed by atoms with Crippen molar-refractivity contribution in [3.63, 3.8) is 0 Å². The number of ether oxygens (including phenoxy) is 4. The second kappa shape index (κ2) is 21.1. The summed E-state index contributed by atoms with van der Waals surface area (Å²) in [6.45, 7) is 11.3. The van der Waals surface area contributed by atoms with Gasteiger partial charge in [0.05, 0.1) is 0 Å². The molecule has 3 aromatic carbocycles. The Bertz CT molecular complexity index is 1760. The summed E-state index contributed by atoms with van der Waals surface area (Å²) in [6.07, 6.45) is 0.431. The Morgan fingerprint density at radius 2 is 1.07 bits per heavy atom. The average molecular weight is 787 g/mol. The van der Waals surface area contributed by atoms with Crippen molar-refractivity contribution in [3.05, 3.63) is 95.6 Å². The Hall–Kier alpha value is -5.59. The molecule has 0 saturated heterocycles. The maximum atomic E-state index is 13.9.